The molecule has 5 nitrogen and oxygen atoms in total. The van der Waals surface area contributed by atoms with E-state index in [4.69, 9.17) is 4.74 Å². The minimum absolute atomic E-state index is 0.613. The van der Waals surface area contributed by atoms with Crippen LogP contribution in [0.4, 0.5) is 11.6 Å². The van der Waals surface area contributed by atoms with Gasteiger partial charge in [-0.2, -0.15) is 0 Å². The van der Waals surface area contributed by atoms with E-state index in [9.17, 15) is 0 Å². The van der Waals surface area contributed by atoms with Crippen molar-refractivity contribution in [3.05, 3.63) is 24.5 Å². The number of piperidine rings is 1. The Morgan fingerprint density at radius 3 is 3.14 bits per heavy atom. The highest BCUT2D eigenvalue weighted by atomic mass is 16.5. The molecule has 0 aliphatic carbocycles. The summed E-state index contributed by atoms with van der Waals surface area (Å²) in [5, 5.41) is 3.28. The first kappa shape index (κ1) is 15.8. The number of anilines is 2. The molecule has 1 aromatic heterocycles. The van der Waals surface area contributed by atoms with Gasteiger partial charge in [0.05, 0.1) is 13.2 Å². The zero-order valence-corrected chi connectivity index (χ0v) is 13.1. The molecule has 1 aromatic rings. The highest BCUT2D eigenvalue weighted by Gasteiger charge is 2.17. The zero-order valence-electron chi connectivity index (χ0n) is 13.1. The zero-order chi connectivity index (χ0) is 15.1. The molecule has 1 aliphatic heterocycles. The first-order valence-corrected chi connectivity index (χ1v) is 7.68. The van der Waals surface area contributed by atoms with E-state index in [1.165, 1.54) is 12.8 Å². The van der Waals surface area contributed by atoms with Gasteiger partial charge in [0.25, 0.3) is 0 Å². The van der Waals surface area contributed by atoms with Gasteiger partial charge < -0.3 is 15.0 Å². The second-order valence-corrected chi connectivity index (χ2v) is 5.89. The third-order valence-electron chi connectivity index (χ3n) is 3.53. The third-order valence-corrected chi connectivity index (χ3v) is 3.53. The number of rotatable bonds is 7. The molecule has 1 aliphatic rings. The first-order valence-electron chi connectivity index (χ1n) is 7.68. The summed E-state index contributed by atoms with van der Waals surface area (Å²) in [5.41, 5.74) is 1.04. The molecular formula is C16H26N4O. The summed E-state index contributed by atoms with van der Waals surface area (Å²) in [7, 11) is 0. The van der Waals surface area contributed by atoms with Gasteiger partial charge in [0.1, 0.15) is 18.0 Å². The average Bonchev–Trinajstić information content (AvgIpc) is 2.47. The van der Waals surface area contributed by atoms with Crippen LogP contribution < -0.4 is 10.2 Å². The fourth-order valence-corrected chi connectivity index (χ4v) is 2.51. The van der Waals surface area contributed by atoms with Gasteiger partial charge in [-0.3, -0.25) is 0 Å². The predicted molar refractivity (Wildman–Crippen MR) is 86.8 cm³/mol. The first-order chi connectivity index (χ1) is 10.1. The lowest BCUT2D eigenvalue weighted by Crippen LogP contribution is -2.34. The maximum absolute atomic E-state index is 5.46. The lowest BCUT2D eigenvalue weighted by Gasteiger charge is -2.31. The molecule has 2 heterocycles. The molecule has 0 bridgehead atoms. The molecule has 0 radical (unpaired) electrons. The van der Waals surface area contributed by atoms with E-state index in [0.717, 1.165) is 42.8 Å². The molecule has 1 N–H and O–H groups in total. The molecule has 1 saturated heterocycles. The van der Waals surface area contributed by atoms with E-state index in [1.807, 2.05) is 13.0 Å². The van der Waals surface area contributed by atoms with Crippen LogP contribution in [0.25, 0.3) is 0 Å². The summed E-state index contributed by atoms with van der Waals surface area (Å²) in [6.45, 7) is 12.2. The van der Waals surface area contributed by atoms with Gasteiger partial charge in [-0.25, -0.2) is 9.97 Å². The summed E-state index contributed by atoms with van der Waals surface area (Å²) in [6, 6.07) is 2.02. The molecule has 1 fully saturated rings. The van der Waals surface area contributed by atoms with Gasteiger partial charge in [-0.05, 0) is 25.7 Å². The van der Waals surface area contributed by atoms with Gasteiger partial charge in [0.2, 0.25) is 0 Å². The molecule has 5 heteroatoms. The Bertz CT molecular complexity index is 463. The molecule has 0 saturated carbocycles. The number of ether oxygens (including phenoxy) is 1. The minimum atomic E-state index is 0.613. The average molecular weight is 290 g/mol. The molecule has 0 aromatic carbocycles. The second-order valence-electron chi connectivity index (χ2n) is 5.89. The largest absolute Gasteiger partial charge is 0.375 e. The van der Waals surface area contributed by atoms with Crippen LogP contribution in [-0.4, -0.2) is 42.8 Å². The molecule has 1 atom stereocenters. The predicted octanol–water partition coefficient (Wildman–Crippen LogP) is 2.72. The Morgan fingerprint density at radius 2 is 2.38 bits per heavy atom. The lowest BCUT2D eigenvalue weighted by molar-refractivity contribution is 0.167. The number of hydrogen-bond acceptors (Lipinski definition) is 5. The van der Waals surface area contributed by atoms with E-state index >= 15 is 0 Å². The Kier molecular flexibility index (Phi) is 5.99. The Labute approximate surface area is 127 Å². The number of hydrogen-bond donors (Lipinski definition) is 1. The fourth-order valence-electron chi connectivity index (χ4n) is 2.51. The van der Waals surface area contributed by atoms with E-state index in [-0.39, 0.29) is 0 Å². The van der Waals surface area contributed by atoms with Crippen LogP contribution in [0.15, 0.2) is 24.5 Å². The molecule has 0 amide bonds. The lowest BCUT2D eigenvalue weighted by atomic mass is 10.0. The number of aromatic nitrogens is 2. The normalized spacial score (nSPS) is 18.6. The number of nitrogens with zero attached hydrogens (tertiary/aromatic N) is 3. The monoisotopic (exact) mass is 290 g/mol. The Hall–Kier alpha value is -1.62. The van der Waals surface area contributed by atoms with Crippen molar-refractivity contribution in [3.63, 3.8) is 0 Å². The highest BCUT2D eigenvalue weighted by Crippen LogP contribution is 2.22. The van der Waals surface area contributed by atoms with Crippen LogP contribution in [0.3, 0.4) is 0 Å². The van der Waals surface area contributed by atoms with Gasteiger partial charge in [0.15, 0.2) is 0 Å². The highest BCUT2D eigenvalue weighted by molar-refractivity contribution is 5.48. The molecule has 2 rings (SSSR count). The molecular weight excluding hydrogens is 264 g/mol. The van der Waals surface area contributed by atoms with Crippen LogP contribution >= 0.6 is 0 Å². The quantitative estimate of drug-likeness (QED) is 0.618. The summed E-state index contributed by atoms with van der Waals surface area (Å²) < 4.78 is 5.46. The Balaban J connectivity index is 1.81. The Morgan fingerprint density at radius 1 is 1.52 bits per heavy atom. The SMILES string of the molecule is C=C(C)COCCNc1cc(N2CCCC(C)C2)ncn1. The van der Waals surface area contributed by atoms with Crippen molar-refractivity contribution in [1.82, 2.24) is 9.97 Å². The van der Waals surface area contributed by atoms with Crippen molar-refractivity contribution >= 4 is 11.6 Å². The topological polar surface area (TPSA) is 50.3 Å². The standard InChI is InChI=1S/C16H26N4O/c1-13(2)11-21-8-6-17-15-9-16(19-12-18-15)20-7-4-5-14(3)10-20/h9,12,14H,1,4-8,10-11H2,2-3H3,(H,17,18,19). The van der Waals surface area contributed by atoms with Crippen LogP contribution in [0.2, 0.25) is 0 Å². The second kappa shape index (κ2) is 7.98. The smallest absolute Gasteiger partial charge is 0.134 e. The minimum Gasteiger partial charge on any atom is -0.375 e. The summed E-state index contributed by atoms with van der Waals surface area (Å²) in [4.78, 5) is 11.0. The molecule has 116 valence electrons. The van der Waals surface area contributed by atoms with Crippen molar-refractivity contribution in [2.75, 3.05) is 43.1 Å². The van der Waals surface area contributed by atoms with Gasteiger partial charge in [-0.15, -0.1) is 0 Å². The van der Waals surface area contributed by atoms with Crippen molar-refractivity contribution < 1.29 is 4.74 Å². The van der Waals surface area contributed by atoms with Gasteiger partial charge >= 0.3 is 0 Å². The van der Waals surface area contributed by atoms with Crippen LogP contribution in [0.5, 0.6) is 0 Å². The number of nitrogens with one attached hydrogen (secondary N) is 1. The summed E-state index contributed by atoms with van der Waals surface area (Å²) in [5.74, 6) is 2.61. The van der Waals surface area contributed by atoms with Crippen LogP contribution in [0, 0.1) is 5.92 Å². The van der Waals surface area contributed by atoms with Crippen molar-refractivity contribution in [3.8, 4) is 0 Å². The van der Waals surface area contributed by atoms with E-state index in [2.05, 4.69) is 33.7 Å². The van der Waals surface area contributed by atoms with E-state index < -0.39 is 0 Å². The van der Waals surface area contributed by atoms with Crippen molar-refractivity contribution in [2.24, 2.45) is 5.92 Å². The maximum atomic E-state index is 5.46. The van der Waals surface area contributed by atoms with Gasteiger partial charge in [0, 0.05) is 25.7 Å². The van der Waals surface area contributed by atoms with E-state index in [1.54, 1.807) is 6.33 Å². The fraction of sp³-hybridized carbons (Fsp3) is 0.625. The van der Waals surface area contributed by atoms with E-state index in [0.29, 0.717) is 13.2 Å². The molecule has 1 unspecified atom stereocenters. The summed E-state index contributed by atoms with van der Waals surface area (Å²) >= 11 is 0. The van der Waals surface area contributed by atoms with Crippen molar-refractivity contribution in [2.45, 2.75) is 26.7 Å². The van der Waals surface area contributed by atoms with Crippen molar-refractivity contribution in [1.29, 1.82) is 0 Å². The van der Waals surface area contributed by atoms with Gasteiger partial charge in [-0.1, -0.05) is 19.1 Å². The molecule has 0 spiro atoms. The third kappa shape index (κ3) is 5.34. The molecule has 21 heavy (non-hydrogen) atoms. The van der Waals surface area contributed by atoms with Crippen LogP contribution in [0.1, 0.15) is 26.7 Å². The summed E-state index contributed by atoms with van der Waals surface area (Å²) in [6.07, 6.45) is 4.18. The maximum Gasteiger partial charge on any atom is 0.134 e. The van der Waals surface area contributed by atoms with Crippen LogP contribution in [-0.2, 0) is 4.74 Å².